The van der Waals surface area contributed by atoms with Gasteiger partial charge in [0.15, 0.2) is 11.4 Å². The van der Waals surface area contributed by atoms with Crippen molar-refractivity contribution in [3.8, 4) is 17.1 Å². The van der Waals surface area contributed by atoms with Crippen LogP contribution in [0.5, 0.6) is 5.75 Å². The number of piperidine rings is 1. The van der Waals surface area contributed by atoms with Gasteiger partial charge in [0.05, 0.1) is 160 Å². The number of aromatic hydroxyl groups is 1. The number of phenolic OH excluding ortho intramolecular Hbond substituents is 1. The number of hydrogen-bond acceptors (Lipinski definition) is 31. The van der Waals surface area contributed by atoms with Gasteiger partial charge in [-0.05, 0) is 158 Å². The highest BCUT2D eigenvalue weighted by molar-refractivity contribution is 6.39. The van der Waals surface area contributed by atoms with Gasteiger partial charge in [-0.2, -0.15) is 5.10 Å². The molecule has 4 aliphatic rings. The first-order valence-electron chi connectivity index (χ1n) is 46.0. The number of nitrogen functional groups attached to an aromatic ring is 1. The zero-order chi connectivity index (χ0) is 93.3. The molecule has 130 heavy (non-hydrogen) atoms. The van der Waals surface area contributed by atoms with Crippen LogP contribution in [0.4, 0.5) is 10.6 Å². The molecule has 15 atom stereocenters. The molecule has 722 valence electrons. The predicted octanol–water partition coefficient (Wildman–Crippen LogP) is 7.92. The van der Waals surface area contributed by atoms with E-state index in [-0.39, 0.29) is 86.1 Å². The third-order valence-corrected chi connectivity index (χ3v) is 24.3. The van der Waals surface area contributed by atoms with Gasteiger partial charge >= 0.3 is 12.1 Å². The number of nitrogens with two attached hydrogens (primary N) is 2. The Bertz CT molecular complexity index is 4460. The Kier molecular flexibility index (Phi) is 44.8. The van der Waals surface area contributed by atoms with Crippen molar-refractivity contribution in [2.24, 2.45) is 35.3 Å². The molecule has 10 N–H and O–H groups in total. The number of nitrogens with zero attached hydrogens (tertiary/aromatic N) is 8. The number of H-pyrrole nitrogens is 1. The Morgan fingerprint density at radius 3 is 2.09 bits per heavy atom. The third-order valence-electron chi connectivity index (χ3n) is 24.3. The molecule has 5 aromatic rings. The number of fused-ring (bicyclic) bond motifs is 5. The number of carbonyl (C=O) groups is 7. The summed E-state index contributed by atoms with van der Waals surface area (Å²) in [6, 6.07) is 4.16. The zero-order valence-corrected chi connectivity index (χ0v) is 77.2. The summed E-state index contributed by atoms with van der Waals surface area (Å²) in [5.41, 5.74) is 18.1. The first-order valence-corrected chi connectivity index (χ1v) is 46.0. The molecule has 4 aromatic heterocycles. The number of aromatic amines is 1. The molecule has 1 aliphatic carbocycles. The molecule has 2 saturated heterocycles. The topological polar surface area (TPSA) is 479 Å². The monoisotopic (exact) mass is 1820 g/mol. The van der Waals surface area contributed by atoms with Crippen LogP contribution < -0.4 is 22.1 Å². The Morgan fingerprint density at radius 2 is 1.42 bits per heavy atom. The third kappa shape index (κ3) is 33.1. The second kappa shape index (κ2) is 55.6. The summed E-state index contributed by atoms with van der Waals surface area (Å²) in [6.45, 7) is 19.0. The van der Waals surface area contributed by atoms with Crippen molar-refractivity contribution in [1.29, 1.82) is 0 Å². The van der Waals surface area contributed by atoms with Gasteiger partial charge in [0.25, 0.3) is 11.7 Å². The number of aliphatic hydroxyl groups excluding tert-OH is 1. The normalized spacial score (nSPS) is 26.1. The van der Waals surface area contributed by atoms with Gasteiger partial charge in [0, 0.05) is 94.2 Å². The van der Waals surface area contributed by atoms with E-state index >= 15 is 0 Å². The summed E-state index contributed by atoms with van der Waals surface area (Å²) in [4.78, 5) is 111. The van der Waals surface area contributed by atoms with Crippen LogP contribution in [0.2, 0.25) is 0 Å². The standard InChI is InChI=1S/C93H141N13O24/c1-61-19-11-10-12-20-62(2)74(100-92(115)119-9)57-71-26-23-66(6)93(116,130-71)87(112)90(113)105-31-16-13-22-76(105)91(114)129-79(58-77(108)63(3)52-65(5)85(111)86(118-8)84(110)64(4)51-61)72(94)53-67-24-28-78(80(54-67)117-7)128-34-18-14-21-69-59-104(103-101-69)33-36-121-38-40-123-42-44-125-46-48-127-50-49-126-47-45-124-43-41-122-39-37-120-35-29-81(109)96-30-15-17-32-106-89-82(88(95)97-60-98-89)83(102-106)75-56-68-55-70(107)25-27-73(68)99-75/h10-12,19-20,25,27,52,55-56,59-61,63-64,66-67,71-72,74,76,78-80,85-86,99,107,111,116H,13-18,21-24,26,28-51,53-54,57-58,94H2,1-9H3,(H,96,109)(H,100,115)(H2,95,97,98)/b12-10+,19-11+,62-20+,65-52+/t61-,63-,64-,66-,67+,71+,72-,74+,76+,78-,79+,80-,85-,86+,93-/m1/s1. The van der Waals surface area contributed by atoms with Crippen LogP contribution in [-0.4, -0.2) is 308 Å². The molecule has 0 unspecified atom stereocenters. The zero-order valence-electron chi connectivity index (χ0n) is 77.2. The number of nitrogens with one attached hydrogen (secondary N) is 3. The quantitative estimate of drug-likeness (QED) is 0.00793. The maximum atomic E-state index is 14.8. The molecule has 9 rings (SSSR count). The molecule has 0 radical (unpaired) electrons. The second-order valence-corrected chi connectivity index (χ2v) is 34.2. The first-order chi connectivity index (χ1) is 62.8. The van der Waals surface area contributed by atoms with E-state index in [0.717, 1.165) is 52.9 Å². The van der Waals surface area contributed by atoms with Crippen molar-refractivity contribution in [3.63, 3.8) is 0 Å². The van der Waals surface area contributed by atoms with Crippen LogP contribution in [0, 0.1) is 29.6 Å². The number of amides is 3. The predicted molar refractivity (Wildman–Crippen MR) is 481 cm³/mol. The average molecular weight is 1830 g/mol. The lowest BCUT2D eigenvalue weighted by Gasteiger charge is -2.43. The maximum Gasteiger partial charge on any atom is 0.407 e. The molecule has 3 amide bonds. The van der Waals surface area contributed by atoms with Gasteiger partial charge in [0.1, 0.15) is 53.7 Å². The minimum atomic E-state index is -2.58. The fourth-order valence-corrected chi connectivity index (χ4v) is 16.7. The van der Waals surface area contributed by atoms with Gasteiger partial charge in [-0.15, -0.1) is 5.10 Å². The van der Waals surface area contributed by atoms with Crippen LogP contribution >= 0.6 is 0 Å². The number of alkyl carbamates (subject to hydrolysis) is 1. The van der Waals surface area contributed by atoms with Crippen molar-refractivity contribution in [2.45, 2.75) is 231 Å². The van der Waals surface area contributed by atoms with Crippen LogP contribution in [0.1, 0.15) is 156 Å². The summed E-state index contributed by atoms with van der Waals surface area (Å²) in [6.07, 6.45) is 16.5. The lowest BCUT2D eigenvalue weighted by molar-refractivity contribution is -0.264. The van der Waals surface area contributed by atoms with Crippen molar-refractivity contribution < 1.29 is 115 Å². The Morgan fingerprint density at radius 1 is 0.731 bits per heavy atom. The number of aromatic nitrogens is 8. The van der Waals surface area contributed by atoms with E-state index in [9.17, 15) is 48.9 Å². The number of hydrogen-bond donors (Lipinski definition) is 8. The first kappa shape index (κ1) is 105. The van der Waals surface area contributed by atoms with Crippen molar-refractivity contribution >= 4 is 69.0 Å². The van der Waals surface area contributed by atoms with E-state index in [2.05, 4.69) is 35.9 Å². The van der Waals surface area contributed by atoms with Crippen LogP contribution in [0.25, 0.3) is 33.3 Å². The fourth-order valence-electron chi connectivity index (χ4n) is 16.7. The number of aliphatic hydroxyl groups is 2. The SMILES string of the molecule is COC(=O)N[C@H]1C[C@@H]2CC[C@@H](C)[C@@](O)(O2)C(=O)C(=O)N2CCCC[C@H]2C(=O)O[C@H]([C@H](N)C[C@@H]2CC[C@@H](OCCCCc3cn(CCOCCOCCOCCOCCOCCOCCOCCOCCC(=O)NCCCCn4nc(-c5cc6cc(O)ccc6[nH]5)c5c(N)ncnc54)nn3)[C@H](OC)C2)CC(=O)[C@H](C)/C=C(\C)[C@@H](O)[C@@H](OC)C(=O)[C@H](C)C[C@H](C)/C=C/C=C/C=C/1C. The van der Waals surface area contributed by atoms with Gasteiger partial charge in [0.2, 0.25) is 11.7 Å². The average Bonchev–Trinajstić information content (AvgIpc) is 1.57. The molecular formula is C93H141N13O24. The van der Waals surface area contributed by atoms with Crippen LogP contribution in [0.3, 0.4) is 0 Å². The molecule has 1 aromatic carbocycles. The number of esters is 1. The summed E-state index contributed by atoms with van der Waals surface area (Å²) < 4.78 is 84.2. The molecule has 3 aliphatic heterocycles. The molecule has 3 fully saturated rings. The highest BCUT2D eigenvalue weighted by Crippen LogP contribution is 2.39. The molecule has 0 spiro atoms. The number of aryl methyl sites for hydroxylation is 2. The largest absolute Gasteiger partial charge is 0.508 e. The maximum absolute atomic E-state index is 14.8. The van der Waals surface area contributed by atoms with E-state index in [1.54, 1.807) is 93.6 Å². The summed E-state index contributed by atoms with van der Waals surface area (Å²) in [5, 5.41) is 54.5. The summed E-state index contributed by atoms with van der Waals surface area (Å²) in [7, 11) is 4.23. The lowest BCUT2D eigenvalue weighted by atomic mass is 9.80. The van der Waals surface area contributed by atoms with Crippen molar-refractivity contribution in [2.75, 3.05) is 152 Å². The number of cyclic esters (lactones) is 1. The van der Waals surface area contributed by atoms with Gasteiger partial charge in [-0.25, -0.2) is 28.9 Å². The number of benzene rings is 1. The lowest BCUT2D eigenvalue weighted by Crippen LogP contribution is -2.61. The second-order valence-electron chi connectivity index (χ2n) is 34.2. The highest BCUT2D eigenvalue weighted by Gasteiger charge is 2.53. The number of ketones is 3. The summed E-state index contributed by atoms with van der Waals surface area (Å²) in [5.74, 6) is -8.40. The van der Waals surface area contributed by atoms with Gasteiger partial charge in [-0.3, -0.25) is 24.0 Å². The minimum absolute atomic E-state index is 0.00608. The number of unbranched alkanes of at least 4 members (excludes halogenated alkanes) is 2. The number of carbonyl (C=O) groups excluding carboxylic acids is 7. The molecular weight excluding hydrogens is 1680 g/mol. The minimum Gasteiger partial charge on any atom is -0.508 e. The van der Waals surface area contributed by atoms with Crippen LogP contribution in [-0.2, 0) is 115 Å². The van der Waals surface area contributed by atoms with E-state index in [0.29, 0.717) is 223 Å². The van der Waals surface area contributed by atoms with E-state index in [1.807, 2.05) is 31.3 Å². The number of Topliss-reactive ketones (excluding diaryl/α,β-unsaturated/α-hetero) is 3. The Hall–Kier alpha value is -8.90. The van der Waals surface area contributed by atoms with E-state index < -0.39 is 89.8 Å². The van der Waals surface area contributed by atoms with E-state index in [4.69, 9.17) is 82.9 Å². The fraction of sp³-hybridized carbons (Fsp3) is 0.677. The number of ether oxygens (including phenoxy) is 14. The number of phenols is 1. The molecule has 2 bridgehead atoms. The number of rotatable bonds is 45. The molecule has 37 nitrogen and oxygen atoms in total. The molecule has 37 heteroatoms. The Labute approximate surface area is 761 Å². The van der Waals surface area contributed by atoms with Crippen molar-refractivity contribution in [3.05, 3.63) is 90.1 Å². The highest BCUT2D eigenvalue weighted by atomic mass is 16.6. The van der Waals surface area contributed by atoms with Crippen LogP contribution in [0.15, 0.2) is 84.4 Å². The summed E-state index contributed by atoms with van der Waals surface area (Å²) >= 11 is 0. The molecule has 7 heterocycles. The van der Waals surface area contributed by atoms with Gasteiger partial charge in [-0.1, -0.05) is 74.9 Å². The number of allylic oxidation sites excluding steroid dienone is 6. The smallest absolute Gasteiger partial charge is 0.407 e. The van der Waals surface area contributed by atoms with E-state index in [1.165, 1.54) is 20.5 Å². The molecule has 1 saturated carbocycles. The van der Waals surface area contributed by atoms with Crippen molar-refractivity contribution in [1.82, 2.24) is 55.3 Å². The number of methoxy groups -OCH3 is 3. The Balaban J connectivity index is 0.596. The number of anilines is 1. The van der Waals surface area contributed by atoms with Gasteiger partial charge < -0.3 is 114 Å².